The lowest BCUT2D eigenvalue weighted by atomic mass is 9.91. The Hall–Kier alpha value is -2.01. The second kappa shape index (κ2) is 7.48. The standard InChI is InChI=1S/C19H25ClN4O/c1-12(2)24-18(21)16(11-22-24)19(25)23-17(13-6-3-4-7-13)14-8-5-9-15(20)10-14/h5,8-13,17H,3-4,6-7,21H2,1-2H3,(H,23,25). The van der Waals surface area contributed by atoms with Crippen molar-refractivity contribution in [3.63, 3.8) is 0 Å². The Kier molecular flexibility index (Phi) is 5.33. The number of nitrogens with one attached hydrogen (secondary N) is 1. The molecule has 1 aliphatic rings. The fourth-order valence-corrected chi connectivity index (χ4v) is 3.84. The first-order chi connectivity index (χ1) is 12.0. The minimum absolute atomic E-state index is 0.0597. The van der Waals surface area contributed by atoms with Gasteiger partial charge in [-0.05, 0) is 50.3 Å². The van der Waals surface area contributed by atoms with Gasteiger partial charge < -0.3 is 11.1 Å². The van der Waals surface area contributed by atoms with Gasteiger partial charge in [-0.1, -0.05) is 36.6 Å². The van der Waals surface area contributed by atoms with E-state index in [1.807, 2.05) is 38.1 Å². The van der Waals surface area contributed by atoms with Gasteiger partial charge >= 0.3 is 0 Å². The topological polar surface area (TPSA) is 72.9 Å². The van der Waals surface area contributed by atoms with E-state index in [4.69, 9.17) is 17.3 Å². The van der Waals surface area contributed by atoms with Crippen molar-refractivity contribution in [1.29, 1.82) is 0 Å². The summed E-state index contributed by atoms with van der Waals surface area (Å²) < 4.78 is 1.67. The zero-order chi connectivity index (χ0) is 18.0. The van der Waals surface area contributed by atoms with Crippen LogP contribution < -0.4 is 11.1 Å². The number of nitrogen functional groups attached to an aromatic ring is 1. The van der Waals surface area contributed by atoms with E-state index in [2.05, 4.69) is 10.4 Å². The predicted octanol–water partition coefficient (Wildman–Crippen LogP) is 4.36. The maximum absolute atomic E-state index is 12.8. The van der Waals surface area contributed by atoms with Gasteiger partial charge in [-0.2, -0.15) is 5.10 Å². The van der Waals surface area contributed by atoms with Crippen molar-refractivity contribution in [3.05, 3.63) is 46.6 Å². The second-order valence-corrected chi connectivity index (χ2v) is 7.47. The minimum Gasteiger partial charge on any atom is -0.383 e. The third kappa shape index (κ3) is 3.82. The quantitative estimate of drug-likeness (QED) is 0.831. The van der Waals surface area contributed by atoms with E-state index in [9.17, 15) is 4.79 Å². The van der Waals surface area contributed by atoms with Gasteiger partial charge in [-0.3, -0.25) is 4.79 Å². The molecule has 0 aliphatic heterocycles. The minimum atomic E-state index is -0.179. The van der Waals surface area contributed by atoms with Crippen molar-refractivity contribution in [1.82, 2.24) is 15.1 Å². The highest BCUT2D eigenvalue weighted by atomic mass is 35.5. The molecule has 0 radical (unpaired) electrons. The molecule has 1 amide bonds. The zero-order valence-electron chi connectivity index (χ0n) is 14.7. The van der Waals surface area contributed by atoms with Crippen molar-refractivity contribution in [2.75, 3.05) is 5.73 Å². The Balaban J connectivity index is 1.86. The van der Waals surface area contributed by atoms with Crippen molar-refractivity contribution < 1.29 is 4.79 Å². The maximum atomic E-state index is 12.8. The summed E-state index contributed by atoms with van der Waals surface area (Å²) in [7, 11) is 0. The fraction of sp³-hybridized carbons (Fsp3) is 0.474. The Morgan fingerprint density at radius 1 is 1.36 bits per heavy atom. The lowest BCUT2D eigenvalue weighted by Crippen LogP contribution is -2.33. The summed E-state index contributed by atoms with van der Waals surface area (Å²) in [6.07, 6.45) is 6.17. The molecule has 1 atom stereocenters. The molecule has 1 aromatic heterocycles. The lowest BCUT2D eigenvalue weighted by Gasteiger charge is -2.25. The van der Waals surface area contributed by atoms with Gasteiger partial charge in [-0.25, -0.2) is 4.68 Å². The Labute approximate surface area is 153 Å². The molecule has 2 aromatic rings. The molecular weight excluding hydrogens is 336 g/mol. The summed E-state index contributed by atoms with van der Waals surface area (Å²) >= 11 is 6.17. The van der Waals surface area contributed by atoms with Crippen LogP contribution in [0.1, 0.15) is 67.5 Å². The van der Waals surface area contributed by atoms with Crippen molar-refractivity contribution in [3.8, 4) is 0 Å². The van der Waals surface area contributed by atoms with E-state index in [-0.39, 0.29) is 18.0 Å². The largest absolute Gasteiger partial charge is 0.383 e. The van der Waals surface area contributed by atoms with Crippen LogP contribution in [0.15, 0.2) is 30.5 Å². The number of anilines is 1. The average Bonchev–Trinajstić information content (AvgIpc) is 3.22. The van der Waals surface area contributed by atoms with E-state index in [0.29, 0.717) is 22.3 Å². The number of hydrogen-bond acceptors (Lipinski definition) is 3. The average molecular weight is 361 g/mol. The Bertz CT molecular complexity index is 750. The van der Waals surface area contributed by atoms with Gasteiger partial charge in [0.15, 0.2) is 0 Å². The van der Waals surface area contributed by atoms with Crippen LogP contribution >= 0.6 is 11.6 Å². The number of halogens is 1. The van der Waals surface area contributed by atoms with Crippen LogP contribution in [0.2, 0.25) is 5.02 Å². The lowest BCUT2D eigenvalue weighted by molar-refractivity contribution is 0.0922. The Morgan fingerprint density at radius 3 is 2.68 bits per heavy atom. The van der Waals surface area contributed by atoms with Gasteiger partial charge in [0.05, 0.1) is 12.2 Å². The van der Waals surface area contributed by atoms with Crippen molar-refractivity contribution in [2.24, 2.45) is 5.92 Å². The fourth-order valence-electron chi connectivity index (χ4n) is 3.64. The molecule has 3 N–H and O–H groups in total. The highest BCUT2D eigenvalue weighted by Gasteiger charge is 2.29. The first-order valence-electron chi connectivity index (χ1n) is 8.86. The molecule has 1 aliphatic carbocycles. The van der Waals surface area contributed by atoms with Crippen LogP contribution in [-0.4, -0.2) is 15.7 Å². The molecule has 1 unspecified atom stereocenters. The molecule has 0 saturated heterocycles. The SMILES string of the molecule is CC(C)n1ncc(C(=O)NC(c2cccc(Cl)c2)C2CCCC2)c1N. The molecule has 25 heavy (non-hydrogen) atoms. The molecule has 5 nitrogen and oxygen atoms in total. The second-order valence-electron chi connectivity index (χ2n) is 7.03. The molecular formula is C19H25ClN4O. The molecule has 0 bridgehead atoms. The van der Waals surface area contributed by atoms with Crippen LogP contribution in [0.4, 0.5) is 5.82 Å². The predicted molar refractivity (Wildman–Crippen MR) is 101 cm³/mol. The number of amides is 1. The van der Waals surface area contributed by atoms with Crippen LogP contribution in [0.5, 0.6) is 0 Å². The van der Waals surface area contributed by atoms with Crippen LogP contribution in [0.25, 0.3) is 0 Å². The third-order valence-corrected chi connectivity index (χ3v) is 5.17. The summed E-state index contributed by atoms with van der Waals surface area (Å²) in [6, 6.07) is 7.79. The first kappa shape index (κ1) is 17.8. The third-order valence-electron chi connectivity index (χ3n) is 4.93. The van der Waals surface area contributed by atoms with Gasteiger partial charge in [0.25, 0.3) is 5.91 Å². The number of carbonyl (C=O) groups is 1. The van der Waals surface area contributed by atoms with Crippen LogP contribution in [-0.2, 0) is 0 Å². The highest BCUT2D eigenvalue weighted by Crippen LogP contribution is 2.36. The smallest absolute Gasteiger partial charge is 0.257 e. The highest BCUT2D eigenvalue weighted by molar-refractivity contribution is 6.30. The molecule has 6 heteroatoms. The zero-order valence-corrected chi connectivity index (χ0v) is 15.5. The van der Waals surface area contributed by atoms with Gasteiger partial charge in [0.2, 0.25) is 0 Å². The molecule has 1 saturated carbocycles. The van der Waals surface area contributed by atoms with E-state index in [1.165, 1.54) is 12.8 Å². The molecule has 3 rings (SSSR count). The maximum Gasteiger partial charge on any atom is 0.257 e. The van der Waals surface area contributed by atoms with Crippen molar-refractivity contribution >= 4 is 23.3 Å². The van der Waals surface area contributed by atoms with Gasteiger partial charge in [0, 0.05) is 11.1 Å². The van der Waals surface area contributed by atoms with Crippen LogP contribution in [0, 0.1) is 5.92 Å². The molecule has 1 fully saturated rings. The summed E-state index contributed by atoms with van der Waals surface area (Å²) in [4.78, 5) is 12.8. The van der Waals surface area contributed by atoms with E-state index >= 15 is 0 Å². The molecule has 1 aromatic carbocycles. The monoisotopic (exact) mass is 360 g/mol. The Morgan fingerprint density at radius 2 is 2.08 bits per heavy atom. The van der Waals surface area contributed by atoms with Gasteiger partial charge in [-0.15, -0.1) is 0 Å². The summed E-state index contributed by atoms with van der Waals surface area (Å²) in [5, 5.41) is 8.10. The number of benzene rings is 1. The number of rotatable bonds is 5. The number of aromatic nitrogens is 2. The van der Waals surface area contributed by atoms with Crippen molar-refractivity contribution in [2.45, 2.75) is 51.6 Å². The normalized spacial score (nSPS) is 16.3. The molecule has 0 spiro atoms. The number of carbonyl (C=O) groups excluding carboxylic acids is 1. The van der Waals surface area contributed by atoms with E-state index < -0.39 is 0 Å². The van der Waals surface area contributed by atoms with E-state index in [1.54, 1.807) is 10.9 Å². The molecule has 134 valence electrons. The number of hydrogen-bond donors (Lipinski definition) is 2. The first-order valence-corrected chi connectivity index (χ1v) is 9.24. The van der Waals surface area contributed by atoms with E-state index in [0.717, 1.165) is 18.4 Å². The van der Waals surface area contributed by atoms with Crippen LogP contribution in [0.3, 0.4) is 0 Å². The number of nitrogens with zero attached hydrogens (tertiary/aromatic N) is 2. The number of nitrogens with two attached hydrogens (primary N) is 1. The summed E-state index contributed by atoms with van der Waals surface area (Å²) in [5.41, 5.74) is 7.59. The molecule has 1 heterocycles. The summed E-state index contributed by atoms with van der Waals surface area (Å²) in [6.45, 7) is 3.97. The van der Waals surface area contributed by atoms with Gasteiger partial charge in [0.1, 0.15) is 11.4 Å². The summed E-state index contributed by atoms with van der Waals surface area (Å²) in [5.74, 6) is 0.647.